The fourth-order valence-corrected chi connectivity index (χ4v) is 1.74. The topological polar surface area (TPSA) is 67.6 Å². The zero-order valence-corrected chi connectivity index (χ0v) is 8.51. The van der Waals surface area contributed by atoms with Gasteiger partial charge in [0.05, 0.1) is 17.4 Å². The molecule has 0 aliphatic heterocycles. The van der Waals surface area contributed by atoms with Crippen molar-refractivity contribution >= 4 is 16.6 Å². The van der Waals surface area contributed by atoms with E-state index < -0.39 is 0 Å². The second-order valence-electron chi connectivity index (χ2n) is 3.60. The van der Waals surface area contributed by atoms with Crippen LogP contribution in [0.25, 0.3) is 22.2 Å². The standard InChI is InChI=1S/C12H10N4/c13-10-5-12(8-6-14-15-7-8)16-11-4-2-1-3-9(10)11/h1-7H,(H2,13,16)(H,14,15). The Balaban J connectivity index is 2.29. The molecule has 0 aliphatic carbocycles. The van der Waals surface area contributed by atoms with Gasteiger partial charge in [-0.2, -0.15) is 5.10 Å². The summed E-state index contributed by atoms with van der Waals surface area (Å²) in [5.74, 6) is 0. The van der Waals surface area contributed by atoms with Crippen LogP contribution >= 0.6 is 0 Å². The van der Waals surface area contributed by atoms with Crippen molar-refractivity contribution in [3.63, 3.8) is 0 Å². The lowest BCUT2D eigenvalue weighted by Crippen LogP contribution is -1.91. The van der Waals surface area contributed by atoms with Crippen molar-refractivity contribution in [2.75, 3.05) is 5.73 Å². The van der Waals surface area contributed by atoms with Crippen LogP contribution in [0.1, 0.15) is 0 Å². The number of rotatable bonds is 1. The van der Waals surface area contributed by atoms with E-state index in [1.54, 1.807) is 12.4 Å². The van der Waals surface area contributed by atoms with Gasteiger partial charge >= 0.3 is 0 Å². The first-order valence-electron chi connectivity index (χ1n) is 4.99. The molecule has 78 valence electrons. The van der Waals surface area contributed by atoms with E-state index in [0.717, 1.165) is 27.8 Å². The summed E-state index contributed by atoms with van der Waals surface area (Å²) in [5, 5.41) is 7.65. The molecule has 2 aromatic heterocycles. The predicted molar refractivity (Wildman–Crippen MR) is 63.7 cm³/mol. The van der Waals surface area contributed by atoms with E-state index >= 15 is 0 Å². The fourth-order valence-electron chi connectivity index (χ4n) is 1.74. The summed E-state index contributed by atoms with van der Waals surface area (Å²) in [6, 6.07) is 9.70. The number of nitrogens with zero attached hydrogens (tertiary/aromatic N) is 2. The minimum absolute atomic E-state index is 0.738. The number of nitrogen functional groups attached to an aromatic ring is 1. The third-order valence-corrected chi connectivity index (χ3v) is 2.54. The normalized spacial score (nSPS) is 10.8. The molecule has 4 nitrogen and oxygen atoms in total. The maximum absolute atomic E-state index is 5.99. The molecule has 16 heavy (non-hydrogen) atoms. The Hall–Kier alpha value is -2.36. The number of pyridine rings is 1. The third-order valence-electron chi connectivity index (χ3n) is 2.54. The van der Waals surface area contributed by atoms with Gasteiger partial charge in [0.1, 0.15) is 0 Å². The minimum Gasteiger partial charge on any atom is -0.398 e. The quantitative estimate of drug-likeness (QED) is 0.647. The van der Waals surface area contributed by atoms with Gasteiger partial charge in [0.15, 0.2) is 0 Å². The second-order valence-corrected chi connectivity index (χ2v) is 3.60. The number of aromatic amines is 1. The highest BCUT2D eigenvalue weighted by Gasteiger charge is 2.05. The van der Waals surface area contributed by atoms with Crippen LogP contribution in [0.2, 0.25) is 0 Å². The van der Waals surface area contributed by atoms with E-state index in [4.69, 9.17) is 5.73 Å². The van der Waals surface area contributed by atoms with Gasteiger partial charge in [-0.3, -0.25) is 5.10 Å². The Labute approximate surface area is 92.1 Å². The van der Waals surface area contributed by atoms with Crippen LogP contribution in [0.5, 0.6) is 0 Å². The Kier molecular flexibility index (Phi) is 1.86. The molecule has 4 heteroatoms. The van der Waals surface area contributed by atoms with Crippen molar-refractivity contribution in [2.45, 2.75) is 0 Å². The monoisotopic (exact) mass is 210 g/mol. The van der Waals surface area contributed by atoms with E-state index in [-0.39, 0.29) is 0 Å². The van der Waals surface area contributed by atoms with Gasteiger partial charge in [0, 0.05) is 22.8 Å². The van der Waals surface area contributed by atoms with Crippen LogP contribution in [0.4, 0.5) is 5.69 Å². The van der Waals surface area contributed by atoms with Crippen molar-refractivity contribution in [2.24, 2.45) is 0 Å². The van der Waals surface area contributed by atoms with Gasteiger partial charge in [-0.1, -0.05) is 18.2 Å². The molecule has 2 heterocycles. The van der Waals surface area contributed by atoms with Gasteiger partial charge in [0.25, 0.3) is 0 Å². The summed E-state index contributed by atoms with van der Waals surface area (Å²) in [7, 11) is 0. The number of anilines is 1. The molecule has 3 rings (SSSR count). The molecular formula is C12H10N4. The van der Waals surface area contributed by atoms with Crippen molar-refractivity contribution in [3.8, 4) is 11.3 Å². The molecule has 1 aromatic carbocycles. The number of aromatic nitrogens is 3. The lowest BCUT2D eigenvalue weighted by atomic mass is 10.1. The van der Waals surface area contributed by atoms with Crippen molar-refractivity contribution < 1.29 is 0 Å². The SMILES string of the molecule is Nc1cc(-c2cn[nH]c2)nc2ccccc12. The molecule has 0 saturated carbocycles. The summed E-state index contributed by atoms with van der Waals surface area (Å²) in [4.78, 5) is 4.54. The zero-order chi connectivity index (χ0) is 11.0. The van der Waals surface area contributed by atoms with Crippen molar-refractivity contribution in [1.29, 1.82) is 0 Å². The van der Waals surface area contributed by atoms with Gasteiger partial charge in [-0.15, -0.1) is 0 Å². The largest absolute Gasteiger partial charge is 0.398 e. The Morgan fingerprint density at radius 2 is 2.06 bits per heavy atom. The van der Waals surface area contributed by atoms with Gasteiger partial charge < -0.3 is 5.73 Å². The van der Waals surface area contributed by atoms with Gasteiger partial charge in [-0.05, 0) is 12.1 Å². The Morgan fingerprint density at radius 3 is 2.88 bits per heavy atom. The highest BCUT2D eigenvalue weighted by molar-refractivity contribution is 5.92. The smallest absolute Gasteiger partial charge is 0.0761 e. The van der Waals surface area contributed by atoms with Crippen molar-refractivity contribution in [1.82, 2.24) is 15.2 Å². The fraction of sp³-hybridized carbons (Fsp3) is 0. The average Bonchev–Trinajstić information content (AvgIpc) is 2.82. The maximum Gasteiger partial charge on any atom is 0.0761 e. The molecular weight excluding hydrogens is 200 g/mol. The summed E-state index contributed by atoms with van der Waals surface area (Å²) in [5.41, 5.74) is 9.41. The Morgan fingerprint density at radius 1 is 1.19 bits per heavy atom. The highest BCUT2D eigenvalue weighted by Crippen LogP contribution is 2.25. The lowest BCUT2D eigenvalue weighted by molar-refractivity contribution is 1.09. The number of H-pyrrole nitrogens is 1. The molecule has 0 fully saturated rings. The average molecular weight is 210 g/mol. The number of benzene rings is 1. The molecule has 3 N–H and O–H groups in total. The highest BCUT2D eigenvalue weighted by atomic mass is 15.1. The maximum atomic E-state index is 5.99. The zero-order valence-electron chi connectivity index (χ0n) is 8.51. The summed E-state index contributed by atoms with van der Waals surface area (Å²) >= 11 is 0. The summed E-state index contributed by atoms with van der Waals surface area (Å²) in [6.45, 7) is 0. The second kappa shape index (κ2) is 3.34. The lowest BCUT2D eigenvalue weighted by Gasteiger charge is -2.04. The number of fused-ring (bicyclic) bond motifs is 1. The van der Waals surface area contributed by atoms with Crippen molar-refractivity contribution in [3.05, 3.63) is 42.7 Å². The minimum atomic E-state index is 0.738. The predicted octanol–water partition coefficient (Wildman–Crippen LogP) is 2.21. The van der Waals surface area contributed by atoms with Gasteiger partial charge in [0.2, 0.25) is 0 Å². The first-order chi connectivity index (χ1) is 7.84. The first-order valence-corrected chi connectivity index (χ1v) is 4.99. The number of hydrogen-bond acceptors (Lipinski definition) is 3. The van der Waals surface area contributed by atoms with Crippen LogP contribution in [0.15, 0.2) is 42.7 Å². The van der Waals surface area contributed by atoms with Crippen LogP contribution in [0.3, 0.4) is 0 Å². The van der Waals surface area contributed by atoms with Crippen LogP contribution in [0, 0.1) is 0 Å². The molecule has 0 bridgehead atoms. The number of nitrogens with two attached hydrogens (primary N) is 1. The first kappa shape index (κ1) is 8.91. The molecule has 0 spiro atoms. The summed E-state index contributed by atoms with van der Waals surface area (Å²) in [6.07, 6.45) is 3.53. The molecule has 0 amide bonds. The van der Waals surface area contributed by atoms with E-state index in [2.05, 4.69) is 15.2 Å². The molecule has 0 unspecified atom stereocenters. The number of nitrogens with one attached hydrogen (secondary N) is 1. The van der Waals surface area contributed by atoms with Crippen LogP contribution < -0.4 is 5.73 Å². The van der Waals surface area contributed by atoms with E-state index in [1.807, 2.05) is 30.3 Å². The number of hydrogen-bond donors (Lipinski definition) is 2. The molecule has 0 saturated heterocycles. The van der Waals surface area contributed by atoms with Crippen LogP contribution in [-0.2, 0) is 0 Å². The molecule has 0 radical (unpaired) electrons. The summed E-state index contributed by atoms with van der Waals surface area (Å²) < 4.78 is 0. The number of para-hydroxylation sites is 1. The molecule has 3 aromatic rings. The van der Waals surface area contributed by atoms with E-state index in [9.17, 15) is 0 Å². The van der Waals surface area contributed by atoms with Crippen LogP contribution in [-0.4, -0.2) is 15.2 Å². The van der Waals surface area contributed by atoms with Gasteiger partial charge in [-0.25, -0.2) is 4.98 Å². The van der Waals surface area contributed by atoms with E-state index in [1.165, 1.54) is 0 Å². The Bertz CT molecular complexity index is 629. The molecule has 0 aliphatic rings. The third kappa shape index (κ3) is 1.32. The van der Waals surface area contributed by atoms with E-state index in [0.29, 0.717) is 0 Å². The molecule has 0 atom stereocenters.